The SMILES string of the molecule is O=C(Nc1ccc2cnccc2c1)[C@H](c1ccccc1)C1NCCCN1. The summed E-state index contributed by atoms with van der Waals surface area (Å²) in [5.74, 6) is -0.318. The average Bonchev–Trinajstić information content (AvgIpc) is 2.70. The van der Waals surface area contributed by atoms with E-state index in [1.807, 2.05) is 60.8 Å². The zero-order valence-electron chi connectivity index (χ0n) is 14.5. The molecular weight excluding hydrogens is 324 g/mol. The highest BCUT2D eigenvalue weighted by atomic mass is 16.2. The molecule has 1 amide bonds. The van der Waals surface area contributed by atoms with Crippen LogP contribution in [-0.2, 0) is 4.79 Å². The molecule has 3 N–H and O–H groups in total. The summed E-state index contributed by atoms with van der Waals surface area (Å²) in [4.78, 5) is 17.3. The molecule has 4 rings (SSSR count). The van der Waals surface area contributed by atoms with Crippen molar-refractivity contribution in [3.63, 3.8) is 0 Å². The van der Waals surface area contributed by atoms with E-state index < -0.39 is 0 Å². The van der Waals surface area contributed by atoms with Gasteiger partial charge in [-0.3, -0.25) is 9.78 Å². The molecule has 1 aliphatic rings. The van der Waals surface area contributed by atoms with Gasteiger partial charge in [-0.2, -0.15) is 0 Å². The predicted octanol–water partition coefficient (Wildman–Crippen LogP) is 2.87. The summed E-state index contributed by atoms with van der Waals surface area (Å²) < 4.78 is 0. The second-order valence-electron chi connectivity index (χ2n) is 6.55. The zero-order chi connectivity index (χ0) is 17.8. The normalized spacial score (nSPS) is 16.3. The third-order valence-corrected chi connectivity index (χ3v) is 4.76. The van der Waals surface area contributed by atoms with E-state index in [0.717, 1.165) is 41.5 Å². The fourth-order valence-corrected chi connectivity index (χ4v) is 3.45. The van der Waals surface area contributed by atoms with Gasteiger partial charge in [0.05, 0.1) is 12.1 Å². The van der Waals surface area contributed by atoms with Crippen molar-refractivity contribution in [1.82, 2.24) is 15.6 Å². The van der Waals surface area contributed by atoms with Gasteiger partial charge in [0.1, 0.15) is 0 Å². The number of carbonyl (C=O) groups is 1. The van der Waals surface area contributed by atoms with Crippen LogP contribution in [0.1, 0.15) is 17.9 Å². The van der Waals surface area contributed by atoms with Crippen molar-refractivity contribution in [2.45, 2.75) is 18.5 Å². The van der Waals surface area contributed by atoms with Crippen LogP contribution < -0.4 is 16.0 Å². The lowest BCUT2D eigenvalue weighted by molar-refractivity contribution is -0.118. The van der Waals surface area contributed by atoms with Gasteiger partial charge in [-0.25, -0.2) is 0 Å². The van der Waals surface area contributed by atoms with Crippen LogP contribution in [0.3, 0.4) is 0 Å². The highest BCUT2D eigenvalue weighted by Gasteiger charge is 2.30. The Balaban J connectivity index is 1.60. The average molecular weight is 346 g/mol. The van der Waals surface area contributed by atoms with Gasteiger partial charge in [-0.1, -0.05) is 36.4 Å². The first-order valence-corrected chi connectivity index (χ1v) is 8.98. The van der Waals surface area contributed by atoms with E-state index in [1.165, 1.54) is 0 Å². The molecule has 0 unspecified atom stereocenters. The third-order valence-electron chi connectivity index (χ3n) is 4.76. The minimum absolute atomic E-state index is 0.0171. The Labute approximate surface area is 152 Å². The number of hydrogen-bond acceptors (Lipinski definition) is 4. The molecule has 5 heteroatoms. The molecule has 1 aromatic heterocycles. The summed E-state index contributed by atoms with van der Waals surface area (Å²) in [7, 11) is 0. The molecule has 2 heterocycles. The second-order valence-corrected chi connectivity index (χ2v) is 6.55. The van der Waals surface area contributed by atoms with Crippen LogP contribution in [0.25, 0.3) is 10.8 Å². The number of benzene rings is 2. The van der Waals surface area contributed by atoms with E-state index in [9.17, 15) is 4.79 Å². The van der Waals surface area contributed by atoms with Crippen molar-refractivity contribution in [3.8, 4) is 0 Å². The van der Waals surface area contributed by atoms with Crippen molar-refractivity contribution in [2.24, 2.45) is 0 Å². The van der Waals surface area contributed by atoms with Gasteiger partial charge < -0.3 is 16.0 Å². The number of rotatable bonds is 4. The molecule has 1 fully saturated rings. The second kappa shape index (κ2) is 7.64. The van der Waals surface area contributed by atoms with Crippen LogP contribution in [0.15, 0.2) is 67.0 Å². The van der Waals surface area contributed by atoms with Crippen molar-refractivity contribution in [1.29, 1.82) is 0 Å². The maximum absolute atomic E-state index is 13.1. The van der Waals surface area contributed by atoms with Crippen LogP contribution in [0.4, 0.5) is 5.69 Å². The van der Waals surface area contributed by atoms with Crippen LogP contribution in [-0.4, -0.2) is 30.1 Å². The number of nitrogens with one attached hydrogen (secondary N) is 3. The first-order valence-electron chi connectivity index (χ1n) is 8.98. The Morgan fingerprint density at radius 3 is 2.65 bits per heavy atom. The summed E-state index contributed by atoms with van der Waals surface area (Å²) >= 11 is 0. The number of hydrogen-bond donors (Lipinski definition) is 3. The van der Waals surface area contributed by atoms with E-state index in [-0.39, 0.29) is 18.0 Å². The van der Waals surface area contributed by atoms with E-state index in [2.05, 4.69) is 20.9 Å². The largest absolute Gasteiger partial charge is 0.325 e. The zero-order valence-corrected chi connectivity index (χ0v) is 14.5. The third kappa shape index (κ3) is 3.59. The molecule has 1 aliphatic heterocycles. The fraction of sp³-hybridized carbons (Fsp3) is 0.238. The Morgan fingerprint density at radius 2 is 1.85 bits per heavy atom. The quantitative estimate of drug-likeness (QED) is 0.680. The van der Waals surface area contributed by atoms with Crippen molar-refractivity contribution < 1.29 is 4.79 Å². The highest BCUT2D eigenvalue weighted by molar-refractivity contribution is 5.98. The molecule has 0 radical (unpaired) electrons. The Kier molecular flexibility index (Phi) is 4.91. The minimum atomic E-state index is -0.301. The number of aromatic nitrogens is 1. The van der Waals surface area contributed by atoms with E-state index in [4.69, 9.17) is 0 Å². The van der Waals surface area contributed by atoms with Crippen LogP contribution >= 0.6 is 0 Å². The molecule has 0 aliphatic carbocycles. The number of nitrogens with zero attached hydrogens (tertiary/aromatic N) is 1. The minimum Gasteiger partial charge on any atom is -0.325 e. The van der Waals surface area contributed by atoms with Gasteiger partial charge in [0.15, 0.2) is 0 Å². The van der Waals surface area contributed by atoms with Gasteiger partial charge in [0, 0.05) is 23.5 Å². The maximum Gasteiger partial charge on any atom is 0.234 e. The lowest BCUT2D eigenvalue weighted by atomic mass is 9.93. The lowest BCUT2D eigenvalue weighted by Gasteiger charge is -2.32. The van der Waals surface area contributed by atoms with Gasteiger partial charge >= 0.3 is 0 Å². The van der Waals surface area contributed by atoms with Crippen molar-refractivity contribution in [3.05, 3.63) is 72.6 Å². The summed E-state index contributed by atoms with van der Waals surface area (Å²) in [6, 6.07) is 17.8. The van der Waals surface area contributed by atoms with E-state index in [0.29, 0.717) is 0 Å². The fourth-order valence-electron chi connectivity index (χ4n) is 3.45. The number of fused-ring (bicyclic) bond motifs is 1. The van der Waals surface area contributed by atoms with Gasteiger partial charge in [0.2, 0.25) is 5.91 Å². The molecule has 2 aromatic carbocycles. The first kappa shape index (κ1) is 16.7. The standard InChI is InChI=1S/C21H22N4O/c26-21(25-18-8-7-17-14-22-12-9-16(17)13-18)19(15-5-2-1-3-6-15)20-23-10-4-11-24-20/h1-3,5-9,12-14,19-20,23-24H,4,10-11H2,(H,25,26)/t19-/m1/s1. The van der Waals surface area contributed by atoms with Gasteiger partial charge in [0.25, 0.3) is 0 Å². The maximum atomic E-state index is 13.1. The lowest BCUT2D eigenvalue weighted by Crippen LogP contribution is -2.54. The van der Waals surface area contributed by atoms with E-state index in [1.54, 1.807) is 6.20 Å². The molecule has 132 valence electrons. The van der Waals surface area contributed by atoms with Crippen molar-refractivity contribution in [2.75, 3.05) is 18.4 Å². The molecule has 26 heavy (non-hydrogen) atoms. The molecule has 5 nitrogen and oxygen atoms in total. The Bertz CT molecular complexity index is 891. The van der Waals surface area contributed by atoms with Gasteiger partial charge in [-0.15, -0.1) is 0 Å². The summed E-state index contributed by atoms with van der Waals surface area (Å²) in [6.07, 6.45) is 4.58. The first-order chi connectivity index (χ1) is 12.8. The number of amides is 1. The highest BCUT2D eigenvalue weighted by Crippen LogP contribution is 2.24. The van der Waals surface area contributed by atoms with Gasteiger partial charge in [-0.05, 0) is 48.7 Å². The monoisotopic (exact) mass is 346 g/mol. The predicted molar refractivity (Wildman–Crippen MR) is 104 cm³/mol. The number of carbonyl (C=O) groups excluding carboxylic acids is 1. The molecule has 0 spiro atoms. The number of pyridine rings is 1. The summed E-state index contributed by atoms with van der Waals surface area (Å²) in [5, 5.41) is 12.1. The molecule has 0 saturated carbocycles. The van der Waals surface area contributed by atoms with Crippen LogP contribution in [0.5, 0.6) is 0 Å². The topological polar surface area (TPSA) is 66.0 Å². The molecule has 1 atom stereocenters. The van der Waals surface area contributed by atoms with Crippen molar-refractivity contribution >= 4 is 22.4 Å². The molecule has 0 bridgehead atoms. The smallest absolute Gasteiger partial charge is 0.234 e. The number of anilines is 1. The summed E-state index contributed by atoms with van der Waals surface area (Å²) in [6.45, 7) is 1.83. The molecule has 3 aromatic rings. The van der Waals surface area contributed by atoms with Crippen LogP contribution in [0.2, 0.25) is 0 Å². The van der Waals surface area contributed by atoms with Crippen LogP contribution in [0, 0.1) is 0 Å². The molecular formula is C21H22N4O. The summed E-state index contributed by atoms with van der Waals surface area (Å²) in [5.41, 5.74) is 1.80. The molecule has 1 saturated heterocycles. The Morgan fingerprint density at radius 1 is 1.04 bits per heavy atom. The Hall–Kier alpha value is -2.76. The van der Waals surface area contributed by atoms with E-state index >= 15 is 0 Å².